The van der Waals surface area contributed by atoms with Gasteiger partial charge in [-0.05, 0) is 49.2 Å². The third-order valence-corrected chi connectivity index (χ3v) is 5.49. The van der Waals surface area contributed by atoms with Crippen molar-refractivity contribution in [3.8, 4) is 5.75 Å². The molecule has 3 rings (SSSR count). The van der Waals surface area contributed by atoms with Crippen molar-refractivity contribution in [3.05, 3.63) is 77.9 Å². The van der Waals surface area contributed by atoms with Gasteiger partial charge >= 0.3 is 5.97 Å². The second-order valence-corrected chi connectivity index (χ2v) is 7.57. The van der Waals surface area contributed by atoms with E-state index >= 15 is 0 Å². The average molecular weight is 380 g/mol. The molecule has 148 valence electrons. The summed E-state index contributed by atoms with van der Waals surface area (Å²) in [4.78, 5) is 16.3. The van der Waals surface area contributed by atoms with Gasteiger partial charge in [0, 0.05) is 31.7 Å². The zero-order valence-electron chi connectivity index (χ0n) is 16.5. The number of piperazine rings is 1. The second-order valence-electron chi connectivity index (χ2n) is 7.57. The van der Waals surface area contributed by atoms with Crippen LogP contribution >= 0.6 is 0 Å². The molecule has 0 radical (unpaired) electrons. The number of phenolic OH excluding ortho intramolecular Hbond substituents is 1. The highest BCUT2D eigenvalue weighted by molar-refractivity contribution is 5.87. The van der Waals surface area contributed by atoms with Crippen LogP contribution in [0.3, 0.4) is 0 Å². The van der Waals surface area contributed by atoms with Crippen LogP contribution in [-0.4, -0.2) is 57.7 Å². The zero-order valence-corrected chi connectivity index (χ0v) is 16.5. The third-order valence-electron chi connectivity index (χ3n) is 5.49. The largest absolute Gasteiger partial charge is 0.508 e. The highest BCUT2D eigenvalue weighted by atomic mass is 16.4. The van der Waals surface area contributed by atoms with E-state index in [-0.39, 0.29) is 23.4 Å². The van der Waals surface area contributed by atoms with E-state index in [0.717, 1.165) is 30.8 Å². The molecule has 0 aromatic heterocycles. The van der Waals surface area contributed by atoms with Crippen LogP contribution in [0.5, 0.6) is 5.75 Å². The van der Waals surface area contributed by atoms with Gasteiger partial charge in [-0.2, -0.15) is 0 Å². The Morgan fingerprint density at radius 3 is 2.46 bits per heavy atom. The first-order chi connectivity index (χ1) is 13.4. The summed E-state index contributed by atoms with van der Waals surface area (Å²) in [6, 6.07) is 14.8. The van der Waals surface area contributed by atoms with E-state index in [1.165, 1.54) is 0 Å². The number of aromatic hydroxyl groups is 1. The van der Waals surface area contributed by atoms with Gasteiger partial charge in [-0.15, -0.1) is 6.58 Å². The summed E-state index contributed by atoms with van der Waals surface area (Å²) in [6.07, 6.45) is 1.93. The van der Waals surface area contributed by atoms with E-state index in [4.69, 9.17) is 0 Å². The maximum absolute atomic E-state index is 11.5. The van der Waals surface area contributed by atoms with Gasteiger partial charge in [-0.25, -0.2) is 4.79 Å². The molecule has 3 atom stereocenters. The monoisotopic (exact) mass is 380 g/mol. The first kappa shape index (κ1) is 20.1. The summed E-state index contributed by atoms with van der Waals surface area (Å²) in [5.41, 5.74) is 2.15. The van der Waals surface area contributed by atoms with Crippen molar-refractivity contribution < 1.29 is 15.0 Å². The topological polar surface area (TPSA) is 64.0 Å². The van der Waals surface area contributed by atoms with E-state index in [9.17, 15) is 15.0 Å². The number of carboxylic acids is 1. The van der Waals surface area contributed by atoms with Crippen molar-refractivity contribution >= 4 is 5.97 Å². The third kappa shape index (κ3) is 4.26. The van der Waals surface area contributed by atoms with Crippen LogP contribution in [0.4, 0.5) is 0 Å². The maximum atomic E-state index is 11.5. The number of hydrogen-bond acceptors (Lipinski definition) is 4. The summed E-state index contributed by atoms with van der Waals surface area (Å²) < 4.78 is 0. The number of rotatable bonds is 6. The van der Waals surface area contributed by atoms with E-state index in [1.807, 2.05) is 24.3 Å². The van der Waals surface area contributed by atoms with Crippen LogP contribution in [0, 0.1) is 0 Å². The van der Waals surface area contributed by atoms with Gasteiger partial charge in [0.25, 0.3) is 0 Å². The minimum Gasteiger partial charge on any atom is -0.508 e. The molecule has 0 unspecified atom stereocenters. The molecule has 0 amide bonds. The van der Waals surface area contributed by atoms with Crippen molar-refractivity contribution in [3.63, 3.8) is 0 Å². The molecule has 2 N–H and O–H groups in total. The Hall–Kier alpha value is -2.63. The Morgan fingerprint density at radius 1 is 1.14 bits per heavy atom. The molecule has 2 aromatic carbocycles. The van der Waals surface area contributed by atoms with Crippen LogP contribution in [-0.2, 0) is 0 Å². The molecular weight excluding hydrogens is 352 g/mol. The van der Waals surface area contributed by atoms with Gasteiger partial charge in [0.05, 0.1) is 11.6 Å². The van der Waals surface area contributed by atoms with Crippen LogP contribution in [0.2, 0.25) is 0 Å². The van der Waals surface area contributed by atoms with E-state index < -0.39 is 5.97 Å². The summed E-state index contributed by atoms with van der Waals surface area (Å²) in [7, 11) is 0. The van der Waals surface area contributed by atoms with Crippen LogP contribution in [0.25, 0.3) is 0 Å². The summed E-state index contributed by atoms with van der Waals surface area (Å²) in [6.45, 7) is 10.9. The molecule has 0 saturated carbocycles. The van der Waals surface area contributed by atoms with Crippen LogP contribution in [0.15, 0.2) is 61.2 Å². The first-order valence-corrected chi connectivity index (χ1v) is 9.63. The molecule has 5 heteroatoms. The second kappa shape index (κ2) is 8.59. The highest BCUT2D eigenvalue weighted by Gasteiger charge is 2.34. The van der Waals surface area contributed by atoms with Crippen molar-refractivity contribution in [2.45, 2.75) is 32.0 Å². The fourth-order valence-corrected chi connectivity index (χ4v) is 4.12. The van der Waals surface area contributed by atoms with Crippen LogP contribution in [0.1, 0.15) is 41.4 Å². The minimum absolute atomic E-state index is 0.130. The molecule has 5 nitrogen and oxygen atoms in total. The molecule has 1 aliphatic rings. The SMILES string of the molecule is C=CCN1C[C@H](C)N([C@@H](c2cccc(O)c2)c2cccc(C(=O)O)c2)C[C@H]1C. The lowest BCUT2D eigenvalue weighted by Gasteiger charge is -2.47. The van der Waals surface area contributed by atoms with E-state index in [0.29, 0.717) is 6.04 Å². The quantitative estimate of drug-likeness (QED) is 0.747. The smallest absolute Gasteiger partial charge is 0.335 e. The number of phenols is 1. The van der Waals surface area contributed by atoms with Gasteiger partial charge in [0.15, 0.2) is 0 Å². The minimum atomic E-state index is -0.936. The number of benzene rings is 2. The summed E-state index contributed by atoms with van der Waals surface area (Å²) >= 11 is 0. The number of hydrogen-bond donors (Lipinski definition) is 2. The number of aromatic carboxylic acids is 1. The average Bonchev–Trinajstić information content (AvgIpc) is 2.66. The Morgan fingerprint density at radius 2 is 1.82 bits per heavy atom. The molecule has 0 spiro atoms. The number of nitrogens with zero attached hydrogens (tertiary/aromatic N) is 2. The van der Waals surface area contributed by atoms with Gasteiger partial charge in [-0.1, -0.05) is 30.3 Å². The number of carboxylic acid groups (broad SMARTS) is 1. The van der Waals surface area contributed by atoms with Gasteiger partial charge in [0.2, 0.25) is 0 Å². The maximum Gasteiger partial charge on any atom is 0.335 e. The predicted octanol–water partition coefficient (Wildman–Crippen LogP) is 3.76. The molecule has 1 fully saturated rings. The lowest BCUT2D eigenvalue weighted by atomic mass is 9.92. The Labute approximate surface area is 166 Å². The Balaban J connectivity index is 2.03. The summed E-state index contributed by atoms with van der Waals surface area (Å²) in [5.74, 6) is -0.725. The molecule has 0 aliphatic carbocycles. The first-order valence-electron chi connectivity index (χ1n) is 9.63. The fourth-order valence-electron chi connectivity index (χ4n) is 4.12. The van der Waals surface area contributed by atoms with Crippen molar-refractivity contribution in [2.75, 3.05) is 19.6 Å². The molecular formula is C23H28N2O3. The zero-order chi connectivity index (χ0) is 20.3. The molecule has 28 heavy (non-hydrogen) atoms. The van der Waals surface area contributed by atoms with E-state index in [2.05, 4.69) is 30.2 Å². The summed E-state index contributed by atoms with van der Waals surface area (Å²) in [5, 5.41) is 19.5. The molecule has 0 bridgehead atoms. The highest BCUT2D eigenvalue weighted by Crippen LogP contribution is 2.34. The van der Waals surface area contributed by atoms with Gasteiger partial charge < -0.3 is 10.2 Å². The van der Waals surface area contributed by atoms with Crippen LogP contribution < -0.4 is 0 Å². The molecule has 2 aromatic rings. The van der Waals surface area contributed by atoms with Crippen molar-refractivity contribution in [1.82, 2.24) is 9.80 Å². The molecule has 1 aliphatic heterocycles. The molecule has 1 saturated heterocycles. The van der Waals surface area contributed by atoms with Crippen molar-refractivity contribution in [1.29, 1.82) is 0 Å². The normalized spacial score (nSPS) is 21.9. The number of carbonyl (C=O) groups is 1. The Bertz CT molecular complexity index is 851. The Kier molecular flexibility index (Phi) is 6.17. The molecule has 1 heterocycles. The standard InChI is InChI=1S/C23H28N2O3/c1-4-11-24-14-17(3)25(15-16(24)2)22(19-8-6-10-21(26)13-19)18-7-5-9-20(12-18)23(27)28/h4-10,12-13,16-17,22,26H,1,11,14-15H2,2-3H3,(H,27,28)/t16-,17+,22-/m1/s1. The van der Waals surface area contributed by atoms with Gasteiger partial charge in [-0.3, -0.25) is 9.80 Å². The lowest BCUT2D eigenvalue weighted by molar-refractivity contribution is 0.0306. The fraction of sp³-hybridized carbons (Fsp3) is 0.348. The lowest BCUT2D eigenvalue weighted by Crippen LogP contribution is -2.57. The van der Waals surface area contributed by atoms with Gasteiger partial charge in [0.1, 0.15) is 5.75 Å². The predicted molar refractivity (Wildman–Crippen MR) is 111 cm³/mol. The van der Waals surface area contributed by atoms with Crippen molar-refractivity contribution in [2.24, 2.45) is 0 Å². The van der Waals surface area contributed by atoms with E-state index in [1.54, 1.807) is 30.3 Å².